The molecule has 2 rings (SSSR count). The van der Waals surface area contributed by atoms with Crippen LogP contribution < -0.4 is 5.73 Å². The van der Waals surface area contributed by atoms with E-state index < -0.39 is 0 Å². The first-order chi connectivity index (χ1) is 8.65. The van der Waals surface area contributed by atoms with Crippen LogP contribution in [-0.2, 0) is 0 Å². The second kappa shape index (κ2) is 5.21. The Bertz CT molecular complexity index is 597. The smallest absolute Gasteiger partial charge is 0.101 e. The standard InChI is InChI=1S/C13H13ClN4/c1-9(7-15)18-5-4-13(17-18)10-2-3-11(8-16)12(14)6-10/h2-6,9H,7,15H2,1H3/t9-/m1/s1. The van der Waals surface area contributed by atoms with E-state index in [9.17, 15) is 0 Å². The normalized spacial score (nSPS) is 12.1. The molecule has 0 bridgehead atoms. The van der Waals surface area contributed by atoms with Gasteiger partial charge in [0.2, 0.25) is 0 Å². The molecule has 0 radical (unpaired) electrons. The summed E-state index contributed by atoms with van der Waals surface area (Å²) in [7, 11) is 0. The Morgan fingerprint density at radius 1 is 1.50 bits per heavy atom. The average molecular weight is 261 g/mol. The molecule has 2 N–H and O–H groups in total. The minimum Gasteiger partial charge on any atom is -0.328 e. The Morgan fingerprint density at radius 3 is 2.89 bits per heavy atom. The van der Waals surface area contributed by atoms with Crippen molar-refractivity contribution < 1.29 is 0 Å². The minimum absolute atomic E-state index is 0.160. The molecule has 0 saturated heterocycles. The summed E-state index contributed by atoms with van der Waals surface area (Å²) >= 11 is 6.00. The lowest BCUT2D eigenvalue weighted by Crippen LogP contribution is -2.16. The highest BCUT2D eigenvalue weighted by molar-refractivity contribution is 6.32. The van der Waals surface area contributed by atoms with E-state index in [0.717, 1.165) is 11.3 Å². The van der Waals surface area contributed by atoms with Crippen molar-refractivity contribution in [3.63, 3.8) is 0 Å². The third-order valence-corrected chi connectivity index (χ3v) is 3.10. The van der Waals surface area contributed by atoms with E-state index in [1.807, 2.05) is 36.0 Å². The van der Waals surface area contributed by atoms with Crippen molar-refractivity contribution in [3.05, 3.63) is 41.0 Å². The van der Waals surface area contributed by atoms with Crippen LogP contribution in [0.2, 0.25) is 5.02 Å². The van der Waals surface area contributed by atoms with E-state index in [2.05, 4.69) is 5.10 Å². The fourth-order valence-electron chi connectivity index (χ4n) is 1.61. The number of benzene rings is 1. The van der Waals surface area contributed by atoms with E-state index in [1.54, 1.807) is 12.1 Å². The third-order valence-electron chi connectivity index (χ3n) is 2.79. The van der Waals surface area contributed by atoms with Crippen molar-refractivity contribution in [2.45, 2.75) is 13.0 Å². The molecule has 1 aromatic heterocycles. The van der Waals surface area contributed by atoms with Gasteiger partial charge in [-0.3, -0.25) is 4.68 Å². The van der Waals surface area contributed by atoms with E-state index in [-0.39, 0.29) is 6.04 Å². The molecule has 0 fully saturated rings. The Labute approximate surface area is 111 Å². The lowest BCUT2D eigenvalue weighted by Gasteiger charge is -2.08. The van der Waals surface area contributed by atoms with Crippen LogP contribution in [0.4, 0.5) is 0 Å². The van der Waals surface area contributed by atoms with Gasteiger partial charge in [0.05, 0.1) is 22.3 Å². The number of nitrogens with zero attached hydrogens (tertiary/aromatic N) is 3. The van der Waals surface area contributed by atoms with Crippen LogP contribution in [0.3, 0.4) is 0 Å². The summed E-state index contributed by atoms with van der Waals surface area (Å²) in [4.78, 5) is 0. The van der Waals surface area contributed by atoms with E-state index in [0.29, 0.717) is 17.1 Å². The van der Waals surface area contributed by atoms with E-state index >= 15 is 0 Å². The number of aromatic nitrogens is 2. The molecule has 18 heavy (non-hydrogen) atoms. The lowest BCUT2D eigenvalue weighted by molar-refractivity contribution is 0.502. The maximum absolute atomic E-state index is 8.82. The molecule has 0 amide bonds. The molecule has 0 aliphatic carbocycles. The molecule has 0 aliphatic rings. The molecule has 4 nitrogen and oxygen atoms in total. The zero-order valence-electron chi connectivity index (χ0n) is 9.97. The number of nitrogens with two attached hydrogens (primary N) is 1. The highest BCUT2D eigenvalue weighted by Crippen LogP contribution is 2.24. The first-order valence-electron chi connectivity index (χ1n) is 5.61. The first kappa shape index (κ1) is 12.6. The molecular weight excluding hydrogens is 248 g/mol. The molecule has 5 heteroatoms. The SMILES string of the molecule is C[C@H](CN)n1ccc(-c2ccc(C#N)c(Cl)c2)n1. The van der Waals surface area contributed by atoms with Crippen molar-refractivity contribution in [1.82, 2.24) is 9.78 Å². The minimum atomic E-state index is 0.160. The highest BCUT2D eigenvalue weighted by Gasteiger charge is 2.08. The average Bonchev–Trinajstić information content (AvgIpc) is 2.87. The predicted octanol–water partition coefficient (Wildman–Crippen LogP) is 2.59. The Hall–Kier alpha value is -1.83. The Balaban J connectivity index is 2.35. The maximum atomic E-state index is 8.82. The van der Waals surface area contributed by atoms with Gasteiger partial charge in [-0.05, 0) is 25.1 Å². The number of hydrogen-bond acceptors (Lipinski definition) is 3. The number of halogens is 1. The highest BCUT2D eigenvalue weighted by atomic mass is 35.5. The van der Waals surface area contributed by atoms with Gasteiger partial charge in [0.25, 0.3) is 0 Å². The molecule has 0 aliphatic heterocycles. The summed E-state index contributed by atoms with van der Waals surface area (Å²) in [5, 5.41) is 13.7. The summed E-state index contributed by atoms with van der Waals surface area (Å²) in [5.41, 5.74) is 7.78. The van der Waals surface area contributed by atoms with Gasteiger partial charge in [-0.2, -0.15) is 10.4 Å². The largest absolute Gasteiger partial charge is 0.328 e. The van der Waals surface area contributed by atoms with Gasteiger partial charge < -0.3 is 5.73 Å². The summed E-state index contributed by atoms with van der Waals surface area (Å²) in [6.07, 6.45) is 1.89. The van der Waals surface area contributed by atoms with Crippen molar-refractivity contribution in [1.29, 1.82) is 5.26 Å². The molecule has 92 valence electrons. The fourth-order valence-corrected chi connectivity index (χ4v) is 1.83. The monoisotopic (exact) mass is 260 g/mol. The topological polar surface area (TPSA) is 67.6 Å². The molecular formula is C13H13ClN4. The lowest BCUT2D eigenvalue weighted by atomic mass is 10.1. The number of hydrogen-bond donors (Lipinski definition) is 1. The van der Waals surface area contributed by atoms with Gasteiger partial charge in [0, 0.05) is 18.3 Å². The maximum Gasteiger partial charge on any atom is 0.101 e. The van der Waals surface area contributed by atoms with Gasteiger partial charge in [0.1, 0.15) is 6.07 Å². The summed E-state index contributed by atoms with van der Waals surface area (Å²) < 4.78 is 1.82. The second-order valence-corrected chi connectivity index (χ2v) is 4.48. The fraction of sp³-hybridized carbons (Fsp3) is 0.231. The first-order valence-corrected chi connectivity index (χ1v) is 5.98. The molecule has 0 unspecified atom stereocenters. The molecule has 0 spiro atoms. The molecule has 1 heterocycles. The van der Waals surface area contributed by atoms with E-state index in [1.165, 1.54) is 0 Å². The summed E-state index contributed by atoms with van der Waals surface area (Å²) in [5.74, 6) is 0. The van der Waals surface area contributed by atoms with Crippen LogP contribution in [0.1, 0.15) is 18.5 Å². The van der Waals surface area contributed by atoms with Crippen LogP contribution in [-0.4, -0.2) is 16.3 Å². The Kier molecular flexibility index (Phi) is 3.66. The second-order valence-electron chi connectivity index (χ2n) is 4.07. The van der Waals surface area contributed by atoms with Crippen molar-refractivity contribution in [2.24, 2.45) is 5.73 Å². The van der Waals surface area contributed by atoms with Crippen LogP contribution >= 0.6 is 11.6 Å². The number of rotatable bonds is 3. The zero-order chi connectivity index (χ0) is 13.1. The van der Waals surface area contributed by atoms with Crippen molar-refractivity contribution >= 4 is 11.6 Å². The van der Waals surface area contributed by atoms with Crippen LogP contribution in [0.5, 0.6) is 0 Å². The van der Waals surface area contributed by atoms with Gasteiger partial charge in [-0.1, -0.05) is 17.7 Å². The quantitative estimate of drug-likeness (QED) is 0.922. The molecule has 1 atom stereocenters. The van der Waals surface area contributed by atoms with E-state index in [4.69, 9.17) is 22.6 Å². The van der Waals surface area contributed by atoms with Gasteiger partial charge >= 0.3 is 0 Å². The van der Waals surface area contributed by atoms with Crippen LogP contribution in [0, 0.1) is 11.3 Å². The van der Waals surface area contributed by atoms with Gasteiger partial charge in [-0.25, -0.2) is 0 Å². The zero-order valence-corrected chi connectivity index (χ0v) is 10.7. The number of nitriles is 1. The molecule has 1 aromatic carbocycles. The summed E-state index contributed by atoms with van der Waals surface area (Å²) in [6.45, 7) is 2.54. The molecule has 0 saturated carbocycles. The van der Waals surface area contributed by atoms with Gasteiger partial charge in [-0.15, -0.1) is 0 Å². The predicted molar refractivity (Wildman–Crippen MR) is 71.2 cm³/mol. The van der Waals surface area contributed by atoms with Crippen molar-refractivity contribution in [3.8, 4) is 17.3 Å². The summed E-state index contributed by atoms with van der Waals surface area (Å²) in [6, 6.07) is 9.38. The molecule has 2 aromatic rings. The van der Waals surface area contributed by atoms with Crippen LogP contribution in [0.15, 0.2) is 30.5 Å². The van der Waals surface area contributed by atoms with Crippen LogP contribution in [0.25, 0.3) is 11.3 Å². The third kappa shape index (κ3) is 2.37. The van der Waals surface area contributed by atoms with Crippen molar-refractivity contribution in [2.75, 3.05) is 6.54 Å². The Morgan fingerprint density at radius 2 is 2.28 bits per heavy atom. The van der Waals surface area contributed by atoms with Gasteiger partial charge in [0.15, 0.2) is 0 Å².